The van der Waals surface area contributed by atoms with Crippen LogP contribution in [0.3, 0.4) is 0 Å². The second kappa shape index (κ2) is 5.08. The lowest BCUT2D eigenvalue weighted by molar-refractivity contribution is -0.161. The summed E-state index contributed by atoms with van der Waals surface area (Å²) in [4.78, 5) is 34.6. The Labute approximate surface area is 106 Å². The molecule has 0 spiro atoms. The molecule has 2 N–H and O–H groups in total. The number of carbonyl (C=O) groups excluding carboxylic acids is 3. The molecule has 5 heteroatoms. The summed E-state index contributed by atoms with van der Waals surface area (Å²) in [6.45, 7) is 1.47. The van der Waals surface area contributed by atoms with Gasteiger partial charge in [0.05, 0.1) is 5.92 Å². The van der Waals surface area contributed by atoms with Gasteiger partial charge in [0, 0.05) is 11.8 Å². The smallest absolute Gasteiger partial charge is 0.309 e. The fourth-order valence-corrected chi connectivity index (χ4v) is 3.00. The summed E-state index contributed by atoms with van der Waals surface area (Å²) in [6, 6.07) is 0. The van der Waals surface area contributed by atoms with Crippen molar-refractivity contribution in [2.75, 3.05) is 0 Å². The third-order valence-electron chi connectivity index (χ3n) is 4.07. The summed E-state index contributed by atoms with van der Waals surface area (Å²) in [7, 11) is 0. The van der Waals surface area contributed by atoms with Crippen LogP contribution in [-0.2, 0) is 19.1 Å². The molecule has 0 aromatic heterocycles. The number of ether oxygens (including phenoxy) is 1. The van der Waals surface area contributed by atoms with E-state index in [1.54, 1.807) is 0 Å². The normalized spacial score (nSPS) is 32.7. The number of esters is 1. The number of ketones is 1. The maximum absolute atomic E-state index is 11.9. The highest BCUT2D eigenvalue weighted by Crippen LogP contribution is 2.40. The van der Waals surface area contributed by atoms with Crippen LogP contribution in [0.4, 0.5) is 0 Å². The highest BCUT2D eigenvalue weighted by atomic mass is 16.5. The topological polar surface area (TPSA) is 86.5 Å². The van der Waals surface area contributed by atoms with Gasteiger partial charge in [-0.2, -0.15) is 0 Å². The average Bonchev–Trinajstić information content (AvgIpc) is 2.27. The monoisotopic (exact) mass is 253 g/mol. The zero-order chi connectivity index (χ0) is 13.3. The van der Waals surface area contributed by atoms with Crippen LogP contribution in [0.25, 0.3) is 0 Å². The predicted molar refractivity (Wildman–Crippen MR) is 63.3 cm³/mol. The molecule has 2 saturated carbocycles. The Hall–Kier alpha value is -1.39. The quantitative estimate of drug-likeness (QED) is 0.754. The maximum Gasteiger partial charge on any atom is 0.309 e. The van der Waals surface area contributed by atoms with Crippen molar-refractivity contribution in [2.45, 2.75) is 45.1 Å². The molecule has 2 bridgehead atoms. The standard InChI is InChI=1S/C13H19NO4/c1-7(12(14)16)18-13(17)10-5-8-3-2-4-9(6-10)11(8)15/h7-10H,2-6H2,1H3,(H2,14,16)/t7-,8-,9+,10?/m1/s1. The van der Waals surface area contributed by atoms with E-state index in [1.807, 2.05) is 0 Å². The lowest BCUT2D eigenvalue weighted by Gasteiger charge is -2.36. The highest BCUT2D eigenvalue weighted by molar-refractivity contribution is 5.88. The number of Topliss-reactive ketones (excluding diaryl/α,β-unsaturated/α-hetero) is 1. The first kappa shape index (κ1) is 13.1. The maximum atomic E-state index is 11.9. The number of hydrogen-bond donors (Lipinski definition) is 1. The fourth-order valence-electron chi connectivity index (χ4n) is 3.00. The van der Waals surface area contributed by atoms with Crippen LogP contribution in [0.2, 0.25) is 0 Å². The van der Waals surface area contributed by atoms with E-state index >= 15 is 0 Å². The number of nitrogens with two attached hydrogens (primary N) is 1. The van der Waals surface area contributed by atoms with E-state index in [0.29, 0.717) is 18.6 Å². The van der Waals surface area contributed by atoms with E-state index in [-0.39, 0.29) is 23.7 Å². The van der Waals surface area contributed by atoms with Gasteiger partial charge in [-0.15, -0.1) is 0 Å². The Morgan fingerprint density at radius 3 is 2.33 bits per heavy atom. The van der Waals surface area contributed by atoms with E-state index in [4.69, 9.17) is 10.5 Å². The van der Waals surface area contributed by atoms with Crippen molar-refractivity contribution < 1.29 is 19.1 Å². The van der Waals surface area contributed by atoms with Crippen molar-refractivity contribution in [3.8, 4) is 0 Å². The number of carbonyl (C=O) groups is 3. The molecule has 2 fully saturated rings. The Morgan fingerprint density at radius 1 is 1.28 bits per heavy atom. The van der Waals surface area contributed by atoms with E-state index in [1.165, 1.54) is 6.92 Å². The first-order valence-electron chi connectivity index (χ1n) is 6.52. The van der Waals surface area contributed by atoms with Crippen molar-refractivity contribution in [3.63, 3.8) is 0 Å². The van der Waals surface area contributed by atoms with Crippen LogP contribution in [0.5, 0.6) is 0 Å². The Balaban J connectivity index is 1.96. The molecule has 1 amide bonds. The Morgan fingerprint density at radius 2 is 1.83 bits per heavy atom. The molecule has 0 radical (unpaired) electrons. The van der Waals surface area contributed by atoms with E-state index in [0.717, 1.165) is 19.3 Å². The van der Waals surface area contributed by atoms with Gasteiger partial charge in [-0.3, -0.25) is 14.4 Å². The van der Waals surface area contributed by atoms with Gasteiger partial charge in [0.25, 0.3) is 5.91 Å². The molecular formula is C13H19NO4. The van der Waals surface area contributed by atoms with E-state index < -0.39 is 12.0 Å². The molecule has 1 unspecified atom stereocenters. The Kier molecular flexibility index (Phi) is 3.68. The zero-order valence-corrected chi connectivity index (χ0v) is 10.6. The van der Waals surface area contributed by atoms with Gasteiger partial charge in [-0.1, -0.05) is 6.42 Å². The summed E-state index contributed by atoms with van der Waals surface area (Å²) < 4.78 is 5.03. The first-order chi connectivity index (χ1) is 8.49. The van der Waals surface area contributed by atoms with Gasteiger partial charge in [0.1, 0.15) is 5.78 Å². The number of amides is 1. The number of hydrogen-bond acceptors (Lipinski definition) is 4. The van der Waals surface area contributed by atoms with Crippen LogP contribution in [0, 0.1) is 17.8 Å². The summed E-state index contributed by atoms with van der Waals surface area (Å²) in [5.74, 6) is -0.938. The Bertz CT molecular complexity index is 363. The largest absolute Gasteiger partial charge is 0.452 e. The number of rotatable bonds is 3. The predicted octanol–water partition coefficient (Wildman–Crippen LogP) is 0.799. The van der Waals surface area contributed by atoms with Crippen molar-refractivity contribution in [1.29, 1.82) is 0 Å². The minimum absolute atomic E-state index is 0.0129. The molecule has 0 aliphatic heterocycles. The van der Waals surface area contributed by atoms with Gasteiger partial charge < -0.3 is 10.5 Å². The molecule has 0 aromatic rings. The molecule has 5 nitrogen and oxygen atoms in total. The third kappa shape index (κ3) is 2.54. The second-order valence-electron chi connectivity index (χ2n) is 5.38. The third-order valence-corrected chi connectivity index (χ3v) is 4.07. The molecule has 0 aromatic carbocycles. The fraction of sp³-hybridized carbons (Fsp3) is 0.769. The molecule has 2 aliphatic carbocycles. The van der Waals surface area contributed by atoms with E-state index in [2.05, 4.69) is 0 Å². The van der Waals surface area contributed by atoms with Gasteiger partial charge >= 0.3 is 5.97 Å². The summed E-state index contributed by atoms with van der Waals surface area (Å²) in [6.07, 6.45) is 3.07. The van der Waals surface area contributed by atoms with Crippen LogP contribution >= 0.6 is 0 Å². The van der Waals surface area contributed by atoms with Crippen molar-refractivity contribution >= 4 is 17.7 Å². The molecule has 4 atom stereocenters. The summed E-state index contributed by atoms with van der Waals surface area (Å²) >= 11 is 0. The first-order valence-corrected chi connectivity index (χ1v) is 6.52. The molecule has 2 aliphatic rings. The van der Waals surface area contributed by atoms with Crippen LogP contribution in [0.15, 0.2) is 0 Å². The molecule has 18 heavy (non-hydrogen) atoms. The molecule has 100 valence electrons. The summed E-state index contributed by atoms with van der Waals surface area (Å²) in [5.41, 5.74) is 5.06. The molecular weight excluding hydrogens is 234 g/mol. The minimum Gasteiger partial charge on any atom is -0.452 e. The summed E-state index contributed by atoms with van der Waals surface area (Å²) in [5, 5.41) is 0. The van der Waals surface area contributed by atoms with Crippen molar-refractivity contribution in [2.24, 2.45) is 23.5 Å². The SMILES string of the molecule is C[C@@H](OC(=O)C1C[C@H]2CCC[C@@H](C1)C2=O)C(N)=O. The highest BCUT2D eigenvalue weighted by Gasteiger charge is 2.42. The molecule has 0 saturated heterocycles. The minimum atomic E-state index is -0.894. The van der Waals surface area contributed by atoms with Gasteiger partial charge in [-0.05, 0) is 32.6 Å². The number of fused-ring (bicyclic) bond motifs is 2. The van der Waals surface area contributed by atoms with Gasteiger partial charge in [-0.25, -0.2) is 0 Å². The van der Waals surface area contributed by atoms with Crippen molar-refractivity contribution in [1.82, 2.24) is 0 Å². The van der Waals surface area contributed by atoms with E-state index in [9.17, 15) is 14.4 Å². The second-order valence-corrected chi connectivity index (χ2v) is 5.38. The van der Waals surface area contributed by atoms with Crippen LogP contribution < -0.4 is 5.73 Å². The van der Waals surface area contributed by atoms with Crippen LogP contribution in [-0.4, -0.2) is 23.8 Å². The lowest BCUT2D eigenvalue weighted by Crippen LogP contribution is -2.41. The number of primary amides is 1. The average molecular weight is 253 g/mol. The molecule has 0 heterocycles. The lowest BCUT2D eigenvalue weighted by atomic mass is 9.67. The molecule has 2 rings (SSSR count). The van der Waals surface area contributed by atoms with Gasteiger partial charge in [0.2, 0.25) is 0 Å². The van der Waals surface area contributed by atoms with Crippen LogP contribution in [0.1, 0.15) is 39.0 Å². The zero-order valence-electron chi connectivity index (χ0n) is 10.6. The van der Waals surface area contributed by atoms with Gasteiger partial charge in [0.15, 0.2) is 6.10 Å². The van der Waals surface area contributed by atoms with Crippen molar-refractivity contribution in [3.05, 3.63) is 0 Å².